The summed E-state index contributed by atoms with van der Waals surface area (Å²) < 4.78 is 11.5. The number of Topliss-reactive ketones (excluding diaryl/α,β-unsaturated/α-hetero) is 1. The molecule has 2 aliphatic heterocycles. The Balaban J connectivity index is 1.38. The summed E-state index contributed by atoms with van der Waals surface area (Å²) in [5, 5.41) is 2.81. The Kier molecular flexibility index (Phi) is 5.11. The van der Waals surface area contributed by atoms with Crippen LogP contribution in [-0.2, 0) is 9.47 Å². The van der Waals surface area contributed by atoms with Crippen molar-refractivity contribution in [1.29, 1.82) is 0 Å². The Morgan fingerprint density at radius 2 is 1.82 bits per heavy atom. The summed E-state index contributed by atoms with van der Waals surface area (Å²) in [5.41, 5.74) is 1.61. The van der Waals surface area contributed by atoms with Gasteiger partial charge >= 0.3 is 0 Å². The minimum Gasteiger partial charge on any atom is -0.356 e. The van der Waals surface area contributed by atoms with Crippen LogP contribution >= 0.6 is 0 Å². The fourth-order valence-electron chi connectivity index (χ4n) is 3.59. The van der Waals surface area contributed by atoms with Crippen molar-refractivity contribution in [2.24, 2.45) is 0 Å². The van der Waals surface area contributed by atoms with E-state index in [1.54, 1.807) is 36.5 Å². The number of piperidine rings is 1. The molecule has 0 saturated carbocycles. The normalized spacial score (nSPS) is 18.2. The maximum Gasteiger partial charge on any atom is 0.257 e. The molecule has 1 aromatic carbocycles. The monoisotopic (exact) mass is 381 g/mol. The minimum absolute atomic E-state index is 0.0427. The third-order valence-electron chi connectivity index (χ3n) is 5.20. The van der Waals surface area contributed by atoms with Crippen LogP contribution in [0.3, 0.4) is 0 Å². The lowest BCUT2D eigenvalue weighted by molar-refractivity contribution is -0.169. The molecule has 0 aliphatic carbocycles. The van der Waals surface area contributed by atoms with E-state index in [2.05, 4.69) is 15.2 Å². The van der Waals surface area contributed by atoms with Gasteiger partial charge in [0, 0.05) is 43.4 Å². The Morgan fingerprint density at radius 3 is 2.46 bits per heavy atom. The largest absolute Gasteiger partial charge is 0.356 e. The van der Waals surface area contributed by atoms with E-state index in [0.29, 0.717) is 30.0 Å². The summed E-state index contributed by atoms with van der Waals surface area (Å²) in [6, 6.07) is 10.5. The number of anilines is 2. The first-order valence-electron chi connectivity index (χ1n) is 9.46. The van der Waals surface area contributed by atoms with Gasteiger partial charge in [0.25, 0.3) is 5.91 Å². The number of hydrogen-bond donors (Lipinski definition) is 1. The number of nitrogens with one attached hydrogen (secondary N) is 1. The molecule has 2 aromatic rings. The standard InChI is InChI=1S/C21H23N3O4/c1-15(25)16-3-2-4-18(13-16)23-20(26)17-5-6-19(22-14-17)24-9-7-21(8-10-24)27-11-12-28-21/h2-6,13-14H,7-12H2,1H3,(H,23,26). The topological polar surface area (TPSA) is 80.8 Å². The fourth-order valence-corrected chi connectivity index (χ4v) is 3.59. The van der Waals surface area contributed by atoms with E-state index < -0.39 is 5.79 Å². The number of ketones is 1. The van der Waals surface area contributed by atoms with E-state index in [0.717, 1.165) is 31.7 Å². The van der Waals surface area contributed by atoms with Crippen molar-refractivity contribution in [3.05, 3.63) is 53.7 Å². The number of pyridine rings is 1. The lowest BCUT2D eigenvalue weighted by Gasteiger charge is -2.38. The molecule has 1 N–H and O–H groups in total. The Bertz CT molecular complexity index is 865. The summed E-state index contributed by atoms with van der Waals surface area (Å²) in [5.74, 6) is 0.122. The average Bonchev–Trinajstić information content (AvgIpc) is 3.17. The number of aromatic nitrogens is 1. The fraction of sp³-hybridized carbons (Fsp3) is 0.381. The van der Waals surface area contributed by atoms with Crippen LogP contribution < -0.4 is 10.2 Å². The highest BCUT2D eigenvalue weighted by atomic mass is 16.7. The molecule has 2 saturated heterocycles. The molecule has 28 heavy (non-hydrogen) atoms. The second kappa shape index (κ2) is 7.69. The average molecular weight is 381 g/mol. The van der Waals surface area contributed by atoms with Crippen LogP contribution in [0.1, 0.15) is 40.5 Å². The first kappa shape index (κ1) is 18.6. The first-order chi connectivity index (χ1) is 13.5. The highest BCUT2D eigenvalue weighted by molar-refractivity contribution is 6.05. The van der Waals surface area contributed by atoms with Crippen molar-refractivity contribution in [1.82, 2.24) is 4.98 Å². The van der Waals surface area contributed by atoms with E-state index in [-0.39, 0.29) is 11.7 Å². The Labute approximate surface area is 163 Å². The summed E-state index contributed by atoms with van der Waals surface area (Å²) in [7, 11) is 0. The van der Waals surface area contributed by atoms with Crippen molar-refractivity contribution >= 4 is 23.2 Å². The smallest absolute Gasteiger partial charge is 0.257 e. The number of amides is 1. The molecule has 3 heterocycles. The van der Waals surface area contributed by atoms with Crippen LogP contribution in [0.25, 0.3) is 0 Å². The molecule has 146 valence electrons. The summed E-state index contributed by atoms with van der Waals surface area (Å²) in [4.78, 5) is 30.6. The zero-order valence-corrected chi connectivity index (χ0v) is 15.8. The number of rotatable bonds is 4. The predicted molar refractivity (Wildman–Crippen MR) is 105 cm³/mol. The summed E-state index contributed by atoms with van der Waals surface area (Å²) in [6.45, 7) is 4.43. The van der Waals surface area contributed by atoms with Gasteiger partial charge in [-0.05, 0) is 31.2 Å². The Morgan fingerprint density at radius 1 is 1.07 bits per heavy atom. The molecule has 7 nitrogen and oxygen atoms in total. The van der Waals surface area contributed by atoms with Crippen molar-refractivity contribution in [3.8, 4) is 0 Å². The van der Waals surface area contributed by atoms with Crippen LogP contribution in [0.15, 0.2) is 42.6 Å². The van der Waals surface area contributed by atoms with Crippen molar-refractivity contribution in [2.75, 3.05) is 36.5 Å². The molecule has 0 bridgehead atoms. The van der Waals surface area contributed by atoms with Crippen LogP contribution in [0.2, 0.25) is 0 Å². The molecule has 1 amide bonds. The number of hydrogen-bond acceptors (Lipinski definition) is 6. The van der Waals surface area contributed by atoms with Crippen LogP contribution in [0.5, 0.6) is 0 Å². The minimum atomic E-state index is -0.412. The van der Waals surface area contributed by atoms with Gasteiger partial charge in [-0.3, -0.25) is 9.59 Å². The SMILES string of the molecule is CC(=O)c1cccc(NC(=O)c2ccc(N3CCC4(CC3)OCCO4)nc2)c1. The summed E-state index contributed by atoms with van der Waals surface area (Å²) >= 11 is 0. The van der Waals surface area contributed by atoms with Crippen molar-refractivity contribution < 1.29 is 19.1 Å². The number of ether oxygens (including phenoxy) is 2. The van der Waals surface area contributed by atoms with E-state index in [1.807, 2.05) is 6.07 Å². The maximum absolute atomic E-state index is 12.5. The number of benzene rings is 1. The van der Waals surface area contributed by atoms with Gasteiger partial charge in [-0.2, -0.15) is 0 Å². The van der Waals surface area contributed by atoms with Gasteiger partial charge < -0.3 is 19.7 Å². The third kappa shape index (κ3) is 3.90. The van der Waals surface area contributed by atoms with Gasteiger partial charge in [-0.1, -0.05) is 12.1 Å². The molecule has 0 atom stereocenters. The van der Waals surface area contributed by atoms with E-state index in [1.165, 1.54) is 6.92 Å². The zero-order valence-electron chi connectivity index (χ0n) is 15.8. The van der Waals surface area contributed by atoms with Gasteiger partial charge in [0.15, 0.2) is 11.6 Å². The molecule has 1 spiro atoms. The lowest BCUT2D eigenvalue weighted by atomic mass is 10.0. The molecule has 4 rings (SSSR count). The van der Waals surface area contributed by atoms with Gasteiger partial charge in [0.05, 0.1) is 18.8 Å². The molecule has 1 aromatic heterocycles. The second-order valence-corrected chi connectivity index (χ2v) is 7.09. The van der Waals surface area contributed by atoms with E-state index in [9.17, 15) is 9.59 Å². The van der Waals surface area contributed by atoms with E-state index in [4.69, 9.17) is 9.47 Å². The number of carbonyl (C=O) groups is 2. The summed E-state index contributed by atoms with van der Waals surface area (Å²) in [6.07, 6.45) is 3.19. The van der Waals surface area contributed by atoms with Crippen LogP contribution in [0, 0.1) is 0 Å². The second-order valence-electron chi connectivity index (χ2n) is 7.09. The van der Waals surface area contributed by atoms with Gasteiger partial charge in [0.1, 0.15) is 5.82 Å². The number of nitrogens with zero attached hydrogens (tertiary/aromatic N) is 2. The third-order valence-corrected chi connectivity index (χ3v) is 5.20. The molecular formula is C21H23N3O4. The van der Waals surface area contributed by atoms with Gasteiger partial charge in [-0.25, -0.2) is 4.98 Å². The quantitative estimate of drug-likeness (QED) is 0.821. The maximum atomic E-state index is 12.5. The van der Waals surface area contributed by atoms with Crippen molar-refractivity contribution in [2.45, 2.75) is 25.6 Å². The highest BCUT2D eigenvalue weighted by Crippen LogP contribution is 2.32. The van der Waals surface area contributed by atoms with Crippen molar-refractivity contribution in [3.63, 3.8) is 0 Å². The van der Waals surface area contributed by atoms with Crippen LogP contribution in [-0.4, -0.2) is 48.8 Å². The van der Waals surface area contributed by atoms with Gasteiger partial charge in [-0.15, -0.1) is 0 Å². The molecule has 2 aliphatic rings. The van der Waals surface area contributed by atoms with Gasteiger partial charge in [0.2, 0.25) is 0 Å². The molecular weight excluding hydrogens is 358 g/mol. The van der Waals surface area contributed by atoms with E-state index >= 15 is 0 Å². The number of carbonyl (C=O) groups excluding carboxylic acids is 2. The first-order valence-corrected chi connectivity index (χ1v) is 9.46. The molecule has 0 radical (unpaired) electrons. The Hall–Kier alpha value is -2.77. The predicted octanol–water partition coefficient (Wildman–Crippen LogP) is 2.88. The molecule has 0 unspecified atom stereocenters. The molecule has 2 fully saturated rings. The zero-order chi connectivity index (χ0) is 19.6. The van der Waals surface area contributed by atoms with Crippen LogP contribution in [0.4, 0.5) is 11.5 Å². The highest BCUT2D eigenvalue weighted by Gasteiger charge is 2.40. The lowest BCUT2D eigenvalue weighted by Crippen LogP contribution is -2.45. The molecule has 7 heteroatoms.